The molecule has 1 aromatic heterocycles. The molecule has 2 heterocycles. The van der Waals surface area contributed by atoms with E-state index >= 15 is 0 Å². The number of thioether (sulfide) groups is 1. The molecular formula is C17H30N4S2. The Kier molecular flexibility index (Phi) is 7.70. The van der Waals surface area contributed by atoms with E-state index in [0.29, 0.717) is 4.75 Å². The van der Waals surface area contributed by atoms with Crippen LogP contribution in [0.25, 0.3) is 0 Å². The largest absolute Gasteiger partial charge is 0.357 e. The second-order valence-corrected chi connectivity index (χ2v) is 8.99. The summed E-state index contributed by atoms with van der Waals surface area (Å²) < 4.78 is 0.338. The van der Waals surface area contributed by atoms with Crippen molar-refractivity contribution in [1.29, 1.82) is 0 Å². The van der Waals surface area contributed by atoms with Crippen LogP contribution in [0, 0.1) is 6.92 Å². The lowest BCUT2D eigenvalue weighted by atomic mass is 10.1. The Hall–Kier alpha value is -0.750. The van der Waals surface area contributed by atoms with Crippen LogP contribution in [-0.4, -0.2) is 41.1 Å². The minimum atomic E-state index is 0.338. The maximum absolute atomic E-state index is 4.79. The van der Waals surface area contributed by atoms with Gasteiger partial charge in [0.15, 0.2) is 5.96 Å². The Morgan fingerprint density at radius 1 is 1.39 bits per heavy atom. The monoisotopic (exact) mass is 354 g/mol. The normalized spacial score (nSPS) is 21.6. The van der Waals surface area contributed by atoms with Gasteiger partial charge in [-0.2, -0.15) is 11.8 Å². The Balaban J connectivity index is 1.67. The third-order valence-electron chi connectivity index (χ3n) is 3.99. The third kappa shape index (κ3) is 6.71. The predicted molar refractivity (Wildman–Crippen MR) is 104 cm³/mol. The molecule has 0 aliphatic carbocycles. The molecule has 0 spiro atoms. The van der Waals surface area contributed by atoms with E-state index in [1.165, 1.54) is 30.0 Å². The van der Waals surface area contributed by atoms with Crippen molar-refractivity contribution in [3.63, 3.8) is 0 Å². The molecule has 1 unspecified atom stereocenters. The number of aromatic nitrogens is 1. The first-order valence-corrected chi connectivity index (χ1v) is 10.5. The molecule has 0 aromatic carbocycles. The van der Waals surface area contributed by atoms with E-state index in [4.69, 9.17) is 4.99 Å². The molecule has 1 saturated heterocycles. The van der Waals surface area contributed by atoms with Crippen LogP contribution in [-0.2, 0) is 6.42 Å². The average Bonchev–Trinajstić information content (AvgIpc) is 3.14. The summed E-state index contributed by atoms with van der Waals surface area (Å²) in [6, 6.07) is 0. The zero-order valence-electron chi connectivity index (χ0n) is 14.7. The fourth-order valence-corrected chi connectivity index (χ4v) is 4.72. The molecule has 6 heteroatoms. The lowest BCUT2D eigenvalue weighted by Crippen LogP contribution is -2.39. The van der Waals surface area contributed by atoms with Gasteiger partial charge in [-0.3, -0.25) is 4.99 Å². The lowest BCUT2D eigenvalue weighted by Gasteiger charge is -2.21. The average molecular weight is 355 g/mol. The molecule has 0 radical (unpaired) electrons. The molecular weight excluding hydrogens is 324 g/mol. The number of nitrogens with one attached hydrogen (secondary N) is 2. The SMILES string of the molecule is CCNC(=NCC1(C)CCCS1)NCCCCc1nc(C)cs1. The Labute approximate surface area is 149 Å². The molecule has 1 aliphatic rings. The lowest BCUT2D eigenvalue weighted by molar-refractivity contribution is 0.613. The highest BCUT2D eigenvalue weighted by Gasteiger charge is 2.29. The van der Waals surface area contributed by atoms with Crippen molar-refractivity contribution in [2.24, 2.45) is 4.99 Å². The summed E-state index contributed by atoms with van der Waals surface area (Å²) in [5.41, 5.74) is 1.14. The summed E-state index contributed by atoms with van der Waals surface area (Å²) in [5.74, 6) is 2.25. The minimum absolute atomic E-state index is 0.338. The molecule has 2 N–H and O–H groups in total. The highest BCUT2D eigenvalue weighted by molar-refractivity contribution is 8.00. The van der Waals surface area contributed by atoms with Gasteiger partial charge in [0.25, 0.3) is 0 Å². The molecule has 1 fully saturated rings. The van der Waals surface area contributed by atoms with Crippen molar-refractivity contribution in [1.82, 2.24) is 15.6 Å². The van der Waals surface area contributed by atoms with Gasteiger partial charge in [-0.1, -0.05) is 0 Å². The van der Waals surface area contributed by atoms with E-state index in [1.807, 2.05) is 0 Å². The van der Waals surface area contributed by atoms with Crippen molar-refractivity contribution in [2.75, 3.05) is 25.4 Å². The number of aliphatic imine (C=N–C) groups is 1. The van der Waals surface area contributed by atoms with Crippen LogP contribution in [0.2, 0.25) is 0 Å². The number of hydrogen-bond donors (Lipinski definition) is 2. The number of thiazole rings is 1. The maximum Gasteiger partial charge on any atom is 0.191 e. The van der Waals surface area contributed by atoms with Crippen molar-refractivity contribution >= 4 is 29.1 Å². The Morgan fingerprint density at radius 3 is 2.91 bits per heavy atom. The van der Waals surface area contributed by atoms with Crippen molar-refractivity contribution in [3.05, 3.63) is 16.1 Å². The van der Waals surface area contributed by atoms with Crippen molar-refractivity contribution in [3.8, 4) is 0 Å². The zero-order valence-corrected chi connectivity index (χ0v) is 16.3. The fourth-order valence-electron chi connectivity index (χ4n) is 2.68. The third-order valence-corrected chi connectivity index (χ3v) is 6.54. The number of rotatable bonds is 8. The molecule has 0 bridgehead atoms. The van der Waals surface area contributed by atoms with E-state index in [-0.39, 0.29) is 0 Å². The van der Waals surface area contributed by atoms with E-state index in [9.17, 15) is 0 Å². The molecule has 23 heavy (non-hydrogen) atoms. The molecule has 0 amide bonds. The van der Waals surface area contributed by atoms with Crippen LogP contribution in [0.15, 0.2) is 10.4 Å². The first-order chi connectivity index (χ1) is 11.1. The fraction of sp³-hybridized carbons (Fsp3) is 0.765. The van der Waals surface area contributed by atoms with Gasteiger partial charge in [0, 0.05) is 28.9 Å². The standard InChI is InChI=1S/C17H30N4S2/c1-4-18-16(20-13-17(3)9-7-11-23-17)19-10-6-5-8-15-21-14(2)12-22-15/h12H,4-11,13H2,1-3H3,(H2,18,19,20). The van der Waals surface area contributed by atoms with Crippen molar-refractivity contribution in [2.45, 2.75) is 57.6 Å². The van der Waals surface area contributed by atoms with Crippen LogP contribution in [0.1, 0.15) is 50.2 Å². The number of hydrogen-bond acceptors (Lipinski definition) is 4. The number of nitrogens with zero attached hydrogens (tertiary/aromatic N) is 2. The van der Waals surface area contributed by atoms with Gasteiger partial charge in [-0.25, -0.2) is 4.98 Å². The molecule has 0 saturated carbocycles. The molecule has 2 rings (SSSR count). The smallest absolute Gasteiger partial charge is 0.191 e. The summed E-state index contributed by atoms with van der Waals surface area (Å²) in [6.07, 6.45) is 6.02. The van der Waals surface area contributed by atoms with Gasteiger partial charge in [-0.15, -0.1) is 11.3 Å². The van der Waals surface area contributed by atoms with E-state index < -0.39 is 0 Å². The van der Waals surface area contributed by atoms with E-state index in [2.05, 4.69) is 53.5 Å². The van der Waals surface area contributed by atoms with Gasteiger partial charge in [-0.05, 0) is 58.6 Å². The summed E-state index contributed by atoms with van der Waals surface area (Å²) >= 11 is 3.84. The second-order valence-electron chi connectivity index (χ2n) is 6.36. The topological polar surface area (TPSA) is 49.3 Å². The Morgan fingerprint density at radius 2 is 2.26 bits per heavy atom. The summed E-state index contributed by atoms with van der Waals surface area (Å²) in [4.78, 5) is 9.30. The highest BCUT2D eigenvalue weighted by Crippen LogP contribution is 2.37. The number of aryl methyl sites for hydroxylation is 2. The molecule has 1 aliphatic heterocycles. The van der Waals surface area contributed by atoms with Gasteiger partial charge < -0.3 is 10.6 Å². The molecule has 1 aromatic rings. The summed E-state index contributed by atoms with van der Waals surface area (Å²) in [7, 11) is 0. The van der Waals surface area contributed by atoms with Gasteiger partial charge >= 0.3 is 0 Å². The molecule has 1 atom stereocenters. The van der Waals surface area contributed by atoms with Crippen LogP contribution >= 0.6 is 23.1 Å². The van der Waals surface area contributed by atoms with Gasteiger partial charge in [0.2, 0.25) is 0 Å². The van der Waals surface area contributed by atoms with Crippen molar-refractivity contribution < 1.29 is 0 Å². The first-order valence-electron chi connectivity index (χ1n) is 8.68. The van der Waals surface area contributed by atoms with Crippen LogP contribution in [0.5, 0.6) is 0 Å². The van der Waals surface area contributed by atoms with Gasteiger partial charge in [0.05, 0.1) is 11.6 Å². The second kappa shape index (κ2) is 9.52. The highest BCUT2D eigenvalue weighted by atomic mass is 32.2. The van der Waals surface area contributed by atoms with Gasteiger partial charge in [0.1, 0.15) is 0 Å². The minimum Gasteiger partial charge on any atom is -0.357 e. The van der Waals surface area contributed by atoms with Crippen LogP contribution in [0.4, 0.5) is 0 Å². The molecule has 4 nitrogen and oxygen atoms in total. The summed E-state index contributed by atoms with van der Waals surface area (Å²) in [5, 5.41) is 10.2. The zero-order chi connectivity index (χ0) is 16.5. The number of guanidine groups is 1. The van der Waals surface area contributed by atoms with Crippen LogP contribution in [0.3, 0.4) is 0 Å². The maximum atomic E-state index is 4.79. The quantitative estimate of drug-likeness (QED) is 0.425. The number of unbranched alkanes of at least 4 members (excludes halogenated alkanes) is 1. The van der Waals surface area contributed by atoms with E-state index in [0.717, 1.165) is 44.1 Å². The predicted octanol–water partition coefficient (Wildman–Crippen LogP) is 3.62. The van der Waals surface area contributed by atoms with E-state index in [1.54, 1.807) is 11.3 Å². The molecule has 130 valence electrons. The Bertz CT molecular complexity index is 493. The van der Waals surface area contributed by atoms with Crippen LogP contribution < -0.4 is 10.6 Å². The first kappa shape index (κ1) is 18.6. The summed E-state index contributed by atoms with van der Waals surface area (Å²) in [6.45, 7) is 9.31.